The Morgan fingerprint density at radius 3 is 1.82 bits per heavy atom. The molecule has 0 aliphatic rings. The second-order valence-electron chi connectivity index (χ2n) is 11.4. The van der Waals surface area contributed by atoms with Crippen LogP contribution in [0.3, 0.4) is 0 Å². The van der Waals surface area contributed by atoms with E-state index in [1.807, 2.05) is 91.0 Å². The minimum absolute atomic E-state index is 0.00125. The summed E-state index contributed by atoms with van der Waals surface area (Å²) in [5, 5.41) is 9.06. The highest BCUT2D eigenvalue weighted by molar-refractivity contribution is 6.32. The maximum absolute atomic E-state index is 12.9. The maximum atomic E-state index is 12.9. The molecule has 2 amide bonds. The zero-order valence-corrected chi connectivity index (χ0v) is 28.9. The molecular formula is C38H50N4O8. The molecule has 3 aromatic rings. The van der Waals surface area contributed by atoms with Crippen molar-refractivity contribution >= 4 is 23.9 Å². The number of esters is 2. The summed E-state index contributed by atoms with van der Waals surface area (Å²) in [6.45, 7) is 5.41. The first kappa shape index (κ1) is 39.7. The number of hydrogen-bond acceptors (Lipinski definition) is 10. The highest BCUT2D eigenvalue weighted by Crippen LogP contribution is 2.08. The van der Waals surface area contributed by atoms with Crippen molar-refractivity contribution in [2.24, 2.45) is 0 Å². The third-order valence-corrected chi connectivity index (χ3v) is 7.42. The van der Waals surface area contributed by atoms with Crippen LogP contribution in [0, 0.1) is 0 Å². The molecular weight excluding hydrogens is 640 g/mol. The standard InChI is InChI=1S/C38H50N4O8/c1-2-47-35(43)27-40-23-14-26-42(38(46)50-30-33-19-10-5-11-20-33)25-13-12-22-39-24-21-34(48-28-31-15-6-3-7-16-31)41-36(44)37(45)49-29-32-17-8-4-9-18-32/h3-11,15-20,34,39-40H,2,12-14,21-30H2,1H3,(H,41,44). The van der Waals surface area contributed by atoms with Gasteiger partial charge in [-0.15, -0.1) is 0 Å². The first-order chi connectivity index (χ1) is 24.4. The van der Waals surface area contributed by atoms with Crippen LogP contribution in [0.15, 0.2) is 91.0 Å². The van der Waals surface area contributed by atoms with E-state index in [1.54, 1.807) is 11.8 Å². The predicted molar refractivity (Wildman–Crippen MR) is 188 cm³/mol. The molecule has 0 fully saturated rings. The molecule has 12 nitrogen and oxygen atoms in total. The van der Waals surface area contributed by atoms with Gasteiger partial charge < -0.3 is 39.8 Å². The number of amides is 2. The molecule has 3 aromatic carbocycles. The van der Waals surface area contributed by atoms with E-state index in [0.29, 0.717) is 52.2 Å². The van der Waals surface area contributed by atoms with Crippen LogP contribution in [0.1, 0.15) is 49.3 Å². The van der Waals surface area contributed by atoms with Crippen molar-refractivity contribution in [3.8, 4) is 0 Å². The lowest BCUT2D eigenvalue weighted by Crippen LogP contribution is -2.43. The molecule has 0 aromatic heterocycles. The number of benzene rings is 3. The van der Waals surface area contributed by atoms with Crippen LogP contribution in [0.25, 0.3) is 0 Å². The molecule has 0 saturated carbocycles. The van der Waals surface area contributed by atoms with E-state index in [4.69, 9.17) is 18.9 Å². The Bertz CT molecular complexity index is 1400. The van der Waals surface area contributed by atoms with Crippen LogP contribution in [-0.4, -0.2) is 80.9 Å². The Kier molecular flexibility index (Phi) is 19.3. The number of ether oxygens (including phenoxy) is 4. The molecule has 0 aliphatic carbocycles. The molecule has 0 saturated heterocycles. The first-order valence-electron chi connectivity index (χ1n) is 17.1. The molecule has 0 aliphatic heterocycles. The van der Waals surface area contributed by atoms with Gasteiger partial charge in [-0.1, -0.05) is 91.0 Å². The summed E-state index contributed by atoms with van der Waals surface area (Å²) >= 11 is 0. The van der Waals surface area contributed by atoms with Crippen LogP contribution < -0.4 is 16.0 Å². The molecule has 12 heteroatoms. The summed E-state index contributed by atoms with van der Waals surface area (Å²) in [5.41, 5.74) is 2.63. The second-order valence-corrected chi connectivity index (χ2v) is 11.4. The van der Waals surface area contributed by atoms with Crippen LogP contribution in [0.2, 0.25) is 0 Å². The van der Waals surface area contributed by atoms with Gasteiger partial charge >= 0.3 is 23.9 Å². The normalized spacial score (nSPS) is 11.3. The Morgan fingerprint density at radius 2 is 1.20 bits per heavy atom. The number of nitrogens with one attached hydrogen (secondary N) is 3. The van der Waals surface area contributed by atoms with Crippen LogP contribution in [-0.2, 0) is 53.2 Å². The van der Waals surface area contributed by atoms with E-state index in [-0.39, 0.29) is 38.4 Å². The monoisotopic (exact) mass is 690 g/mol. The van der Waals surface area contributed by atoms with Crippen molar-refractivity contribution in [1.29, 1.82) is 0 Å². The number of nitrogens with zero attached hydrogens (tertiary/aromatic N) is 1. The topological polar surface area (TPSA) is 145 Å². The van der Waals surface area contributed by atoms with E-state index in [0.717, 1.165) is 29.5 Å². The van der Waals surface area contributed by atoms with Gasteiger partial charge in [0.15, 0.2) is 0 Å². The summed E-state index contributed by atoms with van der Waals surface area (Å²) in [4.78, 5) is 51.2. The third-order valence-electron chi connectivity index (χ3n) is 7.42. The van der Waals surface area contributed by atoms with Crippen molar-refractivity contribution in [3.63, 3.8) is 0 Å². The zero-order valence-electron chi connectivity index (χ0n) is 28.9. The molecule has 0 heterocycles. The van der Waals surface area contributed by atoms with Crippen molar-refractivity contribution in [2.75, 3.05) is 45.9 Å². The average molecular weight is 691 g/mol. The number of unbranched alkanes of at least 4 members (excludes halogenated alkanes) is 1. The number of carbonyl (C=O) groups excluding carboxylic acids is 4. The molecule has 1 atom stereocenters. The van der Waals surface area contributed by atoms with Gasteiger partial charge in [-0.25, -0.2) is 9.59 Å². The first-order valence-corrected chi connectivity index (χ1v) is 17.1. The Balaban J connectivity index is 1.41. The quantitative estimate of drug-likeness (QED) is 0.0433. The fourth-order valence-electron chi connectivity index (χ4n) is 4.78. The van der Waals surface area contributed by atoms with Crippen LogP contribution in [0.5, 0.6) is 0 Å². The number of hydrogen-bond donors (Lipinski definition) is 3. The molecule has 3 N–H and O–H groups in total. The van der Waals surface area contributed by atoms with Gasteiger partial charge in [0.05, 0.1) is 19.8 Å². The third kappa shape index (κ3) is 17.0. The summed E-state index contributed by atoms with van der Waals surface area (Å²) in [6.07, 6.45) is 1.49. The lowest BCUT2D eigenvalue weighted by Gasteiger charge is -2.22. The molecule has 0 spiro atoms. The fourth-order valence-corrected chi connectivity index (χ4v) is 4.78. The Labute approximate surface area is 294 Å². The van der Waals surface area contributed by atoms with E-state index in [2.05, 4.69) is 16.0 Å². The van der Waals surface area contributed by atoms with E-state index in [9.17, 15) is 19.2 Å². The molecule has 0 bridgehead atoms. The van der Waals surface area contributed by atoms with Gasteiger partial charge in [0, 0.05) is 19.5 Å². The highest BCUT2D eigenvalue weighted by atomic mass is 16.6. The molecule has 50 heavy (non-hydrogen) atoms. The zero-order chi connectivity index (χ0) is 35.7. The summed E-state index contributed by atoms with van der Waals surface area (Å²) in [6, 6.07) is 28.2. The van der Waals surface area contributed by atoms with Crippen molar-refractivity contribution < 1.29 is 38.1 Å². The second kappa shape index (κ2) is 24.4. The van der Waals surface area contributed by atoms with E-state index in [1.165, 1.54) is 0 Å². The Morgan fingerprint density at radius 1 is 0.640 bits per heavy atom. The van der Waals surface area contributed by atoms with Crippen LogP contribution >= 0.6 is 0 Å². The van der Waals surface area contributed by atoms with Gasteiger partial charge in [-0.05, 0) is 62.5 Å². The average Bonchev–Trinajstić information content (AvgIpc) is 3.14. The summed E-state index contributed by atoms with van der Waals surface area (Å²) < 4.78 is 21.6. The summed E-state index contributed by atoms with van der Waals surface area (Å²) in [5.74, 6) is -2.15. The smallest absolute Gasteiger partial charge is 0.410 e. The van der Waals surface area contributed by atoms with Crippen molar-refractivity contribution in [2.45, 2.75) is 58.7 Å². The largest absolute Gasteiger partial charge is 0.465 e. The molecule has 1 unspecified atom stereocenters. The predicted octanol–water partition coefficient (Wildman–Crippen LogP) is 4.33. The van der Waals surface area contributed by atoms with Crippen molar-refractivity contribution in [1.82, 2.24) is 20.9 Å². The van der Waals surface area contributed by atoms with Gasteiger partial charge in [0.2, 0.25) is 0 Å². The van der Waals surface area contributed by atoms with Gasteiger partial charge in [-0.2, -0.15) is 0 Å². The lowest BCUT2D eigenvalue weighted by atomic mass is 10.2. The highest BCUT2D eigenvalue weighted by Gasteiger charge is 2.21. The molecule has 3 rings (SSSR count). The van der Waals surface area contributed by atoms with Crippen molar-refractivity contribution in [3.05, 3.63) is 108 Å². The fraction of sp³-hybridized carbons (Fsp3) is 0.421. The molecule has 270 valence electrons. The minimum atomic E-state index is -0.975. The summed E-state index contributed by atoms with van der Waals surface area (Å²) in [7, 11) is 0. The molecule has 0 radical (unpaired) electrons. The lowest BCUT2D eigenvalue weighted by molar-refractivity contribution is -0.158. The van der Waals surface area contributed by atoms with E-state index >= 15 is 0 Å². The van der Waals surface area contributed by atoms with Gasteiger partial charge in [0.25, 0.3) is 0 Å². The Hall–Kier alpha value is -4.78. The van der Waals surface area contributed by atoms with Crippen LogP contribution in [0.4, 0.5) is 4.79 Å². The van der Waals surface area contributed by atoms with Gasteiger partial charge in [0.1, 0.15) is 19.4 Å². The maximum Gasteiger partial charge on any atom is 0.410 e. The minimum Gasteiger partial charge on any atom is -0.465 e. The van der Waals surface area contributed by atoms with Gasteiger partial charge in [-0.3, -0.25) is 9.59 Å². The number of carbonyl (C=O) groups is 4. The number of rotatable bonds is 23. The SMILES string of the molecule is CCOC(=O)CNCCCN(CCCCNCCC(NC(=O)C(=O)OCc1ccccc1)OCc1ccccc1)C(=O)OCc1ccccc1. The van der Waals surface area contributed by atoms with E-state index < -0.39 is 18.1 Å².